The zero-order chi connectivity index (χ0) is 21.2. The molecule has 0 saturated heterocycles. The molecule has 0 aliphatic carbocycles. The molecule has 0 aromatic heterocycles. The lowest BCUT2D eigenvalue weighted by atomic mass is 10.1. The van der Waals surface area contributed by atoms with E-state index in [9.17, 15) is 0 Å². The van der Waals surface area contributed by atoms with Gasteiger partial charge in [0.1, 0.15) is 35.8 Å². The Hall–Kier alpha value is -4.72. The monoisotopic (exact) mass is 382 g/mol. The predicted molar refractivity (Wildman–Crippen MR) is 103 cm³/mol. The predicted octanol–water partition coefficient (Wildman–Crippen LogP) is 4.29. The molecule has 0 N–H and O–H groups in total. The summed E-state index contributed by atoms with van der Waals surface area (Å²) in [5.74, 6) is 1.44. The van der Waals surface area contributed by atoms with Gasteiger partial charge in [0.05, 0.1) is 14.2 Å². The third-order valence-corrected chi connectivity index (χ3v) is 3.78. The highest BCUT2D eigenvalue weighted by Crippen LogP contribution is 2.27. The summed E-state index contributed by atoms with van der Waals surface area (Å²) in [6.45, 7) is 0. The molecular weight excluding hydrogens is 368 g/mol. The highest BCUT2D eigenvalue weighted by atomic mass is 16.5. The van der Waals surface area contributed by atoms with Crippen molar-refractivity contribution in [3.63, 3.8) is 0 Å². The molecule has 0 unspecified atom stereocenters. The Kier molecular flexibility index (Phi) is 6.98. The number of ether oxygens (including phenoxy) is 3. The van der Waals surface area contributed by atoms with Crippen LogP contribution in [0.2, 0.25) is 0 Å². The van der Waals surface area contributed by atoms with E-state index in [1.807, 2.05) is 0 Å². The third kappa shape index (κ3) is 4.72. The van der Waals surface area contributed by atoms with E-state index in [0.717, 1.165) is 0 Å². The molecule has 29 heavy (non-hydrogen) atoms. The lowest BCUT2D eigenvalue weighted by Gasteiger charge is -2.10. The molecule has 0 saturated carbocycles. The first kappa shape index (κ1) is 20.6. The maximum atomic E-state index is 9.00. The number of hydrogen-bond acceptors (Lipinski definition) is 7. The van der Waals surface area contributed by atoms with Crippen molar-refractivity contribution >= 4 is 11.5 Å². The summed E-state index contributed by atoms with van der Waals surface area (Å²) >= 11 is 0. The Morgan fingerprint density at radius 3 is 1.14 bits per heavy atom. The molecule has 2 rings (SSSR count). The Morgan fingerprint density at radius 2 is 0.897 bits per heavy atom. The van der Waals surface area contributed by atoms with E-state index >= 15 is 0 Å². The highest BCUT2D eigenvalue weighted by molar-refractivity contribution is 5.71. The van der Waals surface area contributed by atoms with Crippen LogP contribution in [0.3, 0.4) is 0 Å². The first-order valence-corrected chi connectivity index (χ1v) is 8.17. The first-order chi connectivity index (χ1) is 14.1. The van der Waals surface area contributed by atoms with Gasteiger partial charge in [0.25, 0.3) is 0 Å². The van der Waals surface area contributed by atoms with E-state index in [4.69, 9.17) is 35.3 Å². The second kappa shape index (κ2) is 9.83. The number of nitriles is 4. The van der Waals surface area contributed by atoms with Crippen LogP contribution in [-0.2, 0) is 9.47 Å². The Bertz CT molecular complexity index is 994. The molecule has 0 atom stereocenters. The molecule has 0 fully saturated rings. The van der Waals surface area contributed by atoms with Crippen LogP contribution in [0.4, 0.5) is 0 Å². The van der Waals surface area contributed by atoms with Gasteiger partial charge < -0.3 is 14.2 Å². The number of nitrogens with zero attached hydrogens (tertiary/aromatic N) is 4. The van der Waals surface area contributed by atoms with E-state index in [1.54, 1.807) is 72.8 Å². The number of methoxy groups -OCH3 is 2. The molecule has 0 bridgehead atoms. The van der Waals surface area contributed by atoms with Crippen LogP contribution >= 0.6 is 0 Å². The Balaban J connectivity index is 2.24. The summed E-state index contributed by atoms with van der Waals surface area (Å²) in [6.07, 6.45) is 0. The van der Waals surface area contributed by atoms with Crippen LogP contribution in [0.5, 0.6) is 11.5 Å². The topological polar surface area (TPSA) is 123 Å². The van der Waals surface area contributed by atoms with Crippen LogP contribution in [0.25, 0.3) is 11.5 Å². The molecule has 0 aliphatic heterocycles. The fourth-order valence-electron chi connectivity index (χ4n) is 2.47. The van der Waals surface area contributed by atoms with Gasteiger partial charge in [0, 0.05) is 11.1 Å². The lowest BCUT2D eigenvalue weighted by molar-refractivity contribution is 0.368. The van der Waals surface area contributed by atoms with Crippen LogP contribution in [0, 0.1) is 45.3 Å². The van der Waals surface area contributed by atoms with Gasteiger partial charge in [0.15, 0.2) is 22.7 Å². The summed E-state index contributed by atoms with van der Waals surface area (Å²) < 4.78 is 16.1. The van der Waals surface area contributed by atoms with E-state index in [0.29, 0.717) is 22.6 Å². The molecule has 2 aromatic carbocycles. The fraction of sp³-hybridized carbons (Fsp3) is 0.0909. The van der Waals surface area contributed by atoms with Crippen LogP contribution < -0.4 is 4.74 Å². The number of benzene rings is 2. The van der Waals surface area contributed by atoms with Crippen molar-refractivity contribution < 1.29 is 14.2 Å². The van der Waals surface area contributed by atoms with Gasteiger partial charge in [0.2, 0.25) is 0 Å². The third-order valence-electron chi connectivity index (χ3n) is 3.78. The SMILES string of the molecule is COC(=C(C#N)C#N)c1ccc(Oc2ccc(C(OC)=C(C#N)C#N)cc2)cc1. The van der Waals surface area contributed by atoms with Gasteiger partial charge in [-0.25, -0.2) is 0 Å². The van der Waals surface area contributed by atoms with Crippen LogP contribution in [-0.4, -0.2) is 14.2 Å². The van der Waals surface area contributed by atoms with Gasteiger partial charge in [-0.3, -0.25) is 0 Å². The van der Waals surface area contributed by atoms with Gasteiger partial charge in [-0.1, -0.05) is 0 Å². The van der Waals surface area contributed by atoms with Crippen molar-refractivity contribution in [3.05, 3.63) is 70.8 Å². The van der Waals surface area contributed by atoms with E-state index in [1.165, 1.54) is 14.2 Å². The van der Waals surface area contributed by atoms with E-state index in [2.05, 4.69) is 0 Å². The quantitative estimate of drug-likeness (QED) is 0.539. The molecule has 7 nitrogen and oxygen atoms in total. The Labute approximate surface area is 168 Å². The van der Waals surface area contributed by atoms with Gasteiger partial charge in [-0.05, 0) is 48.5 Å². The van der Waals surface area contributed by atoms with Crippen LogP contribution in [0.15, 0.2) is 59.7 Å². The van der Waals surface area contributed by atoms with Crippen molar-refractivity contribution in [2.45, 2.75) is 0 Å². The minimum Gasteiger partial charge on any atom is -0.494 e. The molecule has 0 radical (unpaired) electrons. The van der Waals surface area contributed by atoms with Crippen molar-refractivity contribution in [3.8, 4) is 35.8 Å². The average Bonchev–Trinajstić information content (AvgIpc) is 2.77. The summed E-state index contributed by atoms with van der Waals surface area (Å²) in [7, 11) is 2.78. The van der Waals surface area contributed by atoms with Crippen molar-refractivity contribution in [1.29, 1.82) is 21.0 Å². The molecule has 0 spiro atoms. The fourth-order valence-corrected chi connectivity index (χ4v) is 2.47. The molecule has 140 valence electrons. The second-order valence-electron chi connectivity index (χ2n) is 5.41. The lowest BCUT2D eigenvalue weighted by Crippen LogP contribution is -1.93. The summed E-state index contributed by atoms with van der Waals surface area (Å²) in [4.78, 5) is 0. The van der Waals surface area contributed by atoms with Crippen molar-refractivity contribution in [1.82, 2.24) is 0 Å². The van der Waals surface area contributed by atoms with E-state index in [-0.39, 0.29) is 22.7 Å². The average molecular weight is 382 g/mol. The Morgan fingerprint density at radius 1 is 0.586 bits per heavy atom. The molecule has 0 heterocycles. The smallest absolute Gasteiger partial charge is 0.172 e. The summed E-state index contributed by atoms with van der Waals surface area (Å²) in [5, 5.41) is 36.0. The standard InChI is InChI=1S/C22H14N4O3/c1-27-21(17(11-23)12-24)15-3-7-19(8-4-15)29-20-9-5-16(6-10-20)22(28-2)18(13-25)14-26/h3-10H,1-2H3. The number of rotatable bonds is 6. The zero-order valence-corrected chi connectivity index (χ0v) is 15.6. The minimum absolute atomic E-state index is 0.118. The van der Waals surface area contributed by atoms with Crippen molar-refractivity contribution in [2.75, 3.05) is 14.2 Å². The van der Waals surface area contributed by atoms with Gasteiger partial charge in [-0.2, -0.15) is 21.0 Å². The van der Waals surface area contributed by atoms with E-state index < -0.39 is 0 Å². The number of allylic oxidation sites excluding steroid dienone is 2. The summed E-state index contributed by atoms with van der Waals surface area (Å²) in [5.41, 5.74) is 0.910. The zero-order valence-electron chi connectivity index (χ0n) is 15.6. The maximum absolute atomic E-state index is 9.00. The van der Waals surface area contributed by atoms with Gasteiger partial charge in [-0.15, -0.1) is 0 Å². The first-order valence-electron chi connectivity index (χ1n) is 8.17. The molecule has 0 aliphatic rings. The minimum atomic E-state index is -0.118. The highest BCUT2D eigenvalue weighted by Gasteiger charge is 2.11. The molecule has 2 aromatic rings. The van der Waals surface area contributed by atoms with Crippen molar-refractivity contribution in [2.24, 2.45) is 0 Å². The molecule has 0 amide bonds. The molecule has 7 heteroatoms. The largest absolute Gasteiger partial charge is 0.494 e. The van der Waals surface area contributed by atoms with Gasteiger partial charge >= 0.3 is 0 Å². The van der Waals surface area contributed by atoms with Crippen LogP contribution in [0.1, 0.15) is 11.1 Å². The second-order valence-corrected chi connectivity index (χ2v) is 5.41. The number of hydrogen-bond donors (Lipinski definition) is 0. The molecular formula is C22H14N4O3. The maximum Gasteiger partial charge on any atom is 0.172 e. The summed E-state index contributed by atoms with van der Waals surface area (Å²) in [6, 6.07) is 20.6. The normalized spacial score (nSPS) is 8.90.